The largest absolute Gasteiger partial charge is 0.368 e. The Morgan fingerprint density at radius 3 is 2.40 bits per heavy atom. The van der Waals surface area contributed by atoms with Gasteiger partial charge in [0.1, 0.15) is 5.82 Å². The highest BCUT2D eigenvalue weighted by atomic mass is 35.5. The van der Waals surface area contributed by atoms with Gasteiger partial charge in [-0.2, -0.15) is 0 Å². The van der Waals surface area contributed by atoms with Crippen LogP contribution in [-0.4, -0.2) is 37.1 Å². The number of nitrogens with zero attached hydrogens (tertiary/aromatic N) is 2. The molecule has 1 aromatic heterocycles. The predicted octanol–water partition coefficient (Wildman–Crippen LogP) is 2.83. The maximum Gasteiger partial charge on any atom is 0.235 e. The first-order valence-corrected chi connectivity index (χ1v) is 8.36. The van der Waals surface area contributed by atoms with E-state index in [9.17, 15) is 4.79 Å². The number of nitrogens with one attached hydrogen (secondary N) is 2. The van der Waals surface area contributed by atoms with Gasteiger partial charge in [-0.05, 0) is 31.5 Å². The summed E-state index contributed by atoms with van der Waals surface area (Å²) in [6, 6.07) is 13.7. The molecule has 0 bridgehead atoms. The molecule has 2 heterocycles. The van der Waals surface area contributed by atoms with Crippen molar-refractivity contribution in [1.29, 1.82) is 0 Å². The van der Waals surface area contributed by atoms with Crippen LogP contribution in [0.15, 0.2) is 48.7 Å². The van der Waals surface area contributed by atoms with Crippen LogP contribution in [0.4, 0.5) is 11.5 Å². The van der Waals surface area contributed by atoms with E-state index in [1.165, 1.54) is 0 Å². The van der Waals surface area contributed by atoms with Gasteiger partial charge in [0.2, 0.25) is 5.91 Å². The van der Waals surface area contributed by atoms with Gasteiger partial charge in [0.05, 0.1) is 17.3 Å². The topological polar surface area (TPSA) is 57.3 Å². The summed E-state index contributed by atoms with van der Waals surface area (Å²) in [5.41, 5.74) is 1.47. The molecular weight excluding hydrogens is 336 g/mol. The number of piperazine rings is 1. The molecule has 1 fully saturated rings. The number of halogens is 1. The summed E-state index contributed by atoms with van der Waals surface area (Å²) in [5, 5.41) is 6.26. The number of pyridine rings is 1. The van der Waals surface area contributed by atoms with E-state index in [2.05, 4.69) is 20.5 Å². The minimum atomic E-state index is -0.611. The Hall–Kier alpha value is -2.11. The molecule has 6 heteroatoms. The van der Waals surface area contributed by atoms with Crippen molar-refractivity contribution in [2.45, 2.75) is 19.3 Å². The molecule has 1 aliphatic heterocycles. The van der Waals surface area contributed by atoms with E-state index in [1.807, 2.05) is 62.5 Å². The van der Waals surface area contributed by atoms with E-state index in [-0.39, 0.29) is 18.3 Å². The zero-order valence-electron chi connectivity index (χ0n) is 14.7. The molecule has 0 saturated carbocycles. The molecule has 2 N–H and O–H groups in total. The second-order valence-electron chi connectivity index (χ2n) is 6.58. The van der Waals surface area contributed by atoms with Crippen molar-refractivity contribution in [1.82, 2.24) is 10.3 Å². The number of carbonyl (C=O) groups is 1. The van der Waals surface area contributed by atoms with Gasteiger partial charge < -0.3 is 15.5 Å². The Labute approximate surface area is 155 Å². The standard InChI is InChI=1S/C19H24N4O.ClH/c1-19(2,15-6-4-3-5-7-15)18(24)22-17-9-8-16(14-21-17)23-12-10-20-11-13-23;/h3-9,14,20H,10-13H2,1-2H3,(H,21,22,24);1H. The highest BCUT2D eigenvalue weighted by Gasteiger charge is 2.29. The highest BCUT2D eigenvalue weighted by Crippen LogP contribution is 2.25. The number of aromatic nitrogens is 1. The average Bonchev–Trinajstić information content (AvgIpc) is 2.64. The number of hydrogen-bond acceptors (Lipinski definition) is 4. The first-order valence-electron chi connectivity index (χ1n) is 8.36. The van der Waals surface area contributed by atoms with Crippen LogP contribution in [0.5, 0.6) is 0 Å². The summed E-state index contributed by atoms with van der Waals surface area (Å²) in [4.78, 5) is 19.4. The molecule has 1 aromatic carbocycles. The molecule has 0 spiro atoms. The third-order valence-electron chi connectivity index (χ3n) is 4.53. The van der Waals surface area contributed by atoms with Crippen LogP contribution in [0.3, 0.4) is 0 Å². The van der Waals surface area contributed by atoms with E-state index in [4.69, 9.17) is 0 Å². The Balaban J connectivity index is 0.00000225. The molecule has 0 aliphatic carbocycles. The Kier molecular flexibility index (Phi) is 6.39. The third-order valence-corrected chi connectivity index (χ3v) is 4.53. The van der Waals surface area contributed by atoms with Gasteiger partial charge in [0.25, 0.3) is 0 Å². The van der Waals surface area contributed by atoms with Gasteiger partial charge in [-0.1, -0.05) is 30.3 Å². The number of rotatable bonds is 4. The maximum absolute atomic E-state index is 12.7. The van der Waals surface area contributed by atoms with Crippen molar-refractivity contribution in [2.24, 2.45) is 0 Å². The SMILES string of the molecule is CC(C)(C(=O)Nc1ccc(N2CCNCC2)cn1)c1ccccc1.Cl. The fourth-order valence-electron chi connectivity index (χ4n) is 2.83. The van der Waals surface area contributed by atoms with Crippen LogP contribution in [0.2, 0.25) is 0 Å². The van der Waals surface area contributed by atoms with Gasteiger partial charge >= 0.3 is 0 Å². The number of hydrogen-bond donors (Lipinski definition) is 2. The minimum Gasteiger partial charge on any atom is -0.368 e. The fourth-order valence-corrected chi connectivity index (χ4v) is 2.83. The Morgan fingerprint density at radius 2 is 1.80 bits per heavy atom. The van der Waals surface area contributed by atoms with Crippen LogP contribution in [0.1, 0.15) is 19.4 Å². The second-order valence-corrected chi connectivity index (χ2v) is 6.58. The van der Waals surface area contributed by atoms with Crippen LogP contribution < -0.4 is 15.5 Å². The lowest BCUT2D eigenvalue weighted by Gasteiger charge is -2.29. The summed E-state index contributed by atoms with van der Waals surface area (Å²) in [6.45, 7) is 7.79. The molecule has 1 amide bonds. The van der Waals surface area contributed by atoms with Crippen molar-refractivity contribution in [3.05, 3.63) is 54.2 Å². The van der Waals surface area contributed by atoms with Gasteiger partial charge in [-0.15, -0.1) is 12.4 Å². The summed E-state index contributed by atoms with van der Waals surface area (Å²) in [7, 11) is 0. The van der Waals surface area contributed by atoms with Gasteiger partial charge in [-0.3, -0.25) is 4.79 Å². The molecule has 1 aliphatic rings. The lowest BCUT2D eigenvalue weighted by atomic mass is 9.84. The van der Waals surface area contributed by atoms with E-state index in [0.29, 0.717) is 5.82 Å². The summed E-state index contributed by atoms with van der Waals surface area (Å²) in [6.07, 6.45) is 1.83. The third kappa shape index (κ3) is 4.50. The fraction of sp³-hybridized carbons (Fsp3) is 0.368. The average molecular weight is 361 g/mol. The normalized spacial score (nSPS) is 14.6. The minimum absolute atomic E-state index is 0. The van der Waals surface area contributed by atoms with Crippen LogP contribution in [-0.2, 0) is 10.2 Å². The number of anilines is 2. The quantitative estimate of drug-likeness (QED) is 0.880. The molecule has 3 rings (SSSR count). The zero-order valence-corrected chi connectivity index (χ0v) is 15.5. The molecule has 2 aromatic rings. The number of carbonyl (C=O) groups excluding carboxylic acids is 1. The number of amides is 1. The lowest BCUT2D eigenvalue weighted by molar-refractivity contribution is -0.120. The van der Waals surface area contributed by atoms with Crippen molar-refractivity contribution >= 4 is 29.8 Å². The molecular formula is C19H25ClN4O. The van der Waals surface area contributed by atoms with Gasteiger partial charge in [0.15, 0.2) is 0 Å². The molecule has 5 nitrogen and oxygen atoms in total. The van der Waals surface area contributed by atoms with Gasteiger partial charge in [0, 0.05) is 26.2 Å². The zero-order chi connectivity index (χ0) is 17.0. The van der Waals surface area contributed by atoms with Crippen LogP contribution in [0, 0.1) is 0 Å². The van der Waals surface area contributed by atoms with Crippen molar-refractivity contribution in [3.63, 3.8) is 0 Å². The monoisotopic (exact) mass is 360 g/mol. The molecule has 0 radical (unpaired) electrons. The molecule has 0 atom stereocenters. The Bertz CT molecular complexity index is 682. The predicted molar refractivity (Wildman–Crippen MR) is 105 cm³/mol. The van der Waals surface area contributed by atoms with Crippen LogP contribution in [0.25, 0.3) is 0 Å². The van der Waals surface area contributed by atoms with E-state index in [1.54, 1.807) is 0 Å². The van der Waals surface area contributed by atoms with E-state index in [0.717, 1.165) is 37.4 Å². The van der Waals surface area contributed by atoms with Crippen molar-refractivity contribution in [3.8, 4) is 0 Å². The summed E-state index contributed by atoms with van der Waals surface area (Å²) in [5.74, 6) is 0.527. The lowest BCUT2D eigenvalue weighted by Crippen LogP contribution is -2.43. The maximum atomic E-state index is 12.7. The molecule has 0 unspecified atom stereocenters. The summed E-state index contributed by atoms with van der Waals surface area (Å²) >= 11 is 0. The van der Waals surface area contributed by atoms with Crippen molar-refractivity contribution in [2.75, 3.05) is 36.4 Å². The van der Waals surface area contributed by atoms with Crippen LogP contribution >= 0.6 is 12.4 Å². The molecule has 134 valence electrons. The Morgan fingerprint density at radius 1 is 1.12 bits per heavy atom. The smallest absolute Gasteiger partial charge is 0.235 e. The first kappa shape index (κ1) is 19.2. The van der Waals surface area contributed by atoms with E-state index >= 15 is 0 Å². The van der Waals surface area contributed by atoms with E-state index < -0.39 is 5.41 Å². The first-order chi connectivity index (χ1) is 11.6. The highest BCUT2D eigenvalue weighted by molar-refractivity contribution is 5.97. The second kappa shape index (κ2) is 8.32. The summed E-state index contributed by atoms with van der Waals surface area (Å²) < 4.78 is 0. The number of benzene rings is 1. The van der Waals surface area contributed by atoms with Crippen molar-refractivity contribution < 1.29 is 4.79 Å². The van der Waals surface area contributed by atoms with Gasteiger partial charge in [-0.25, -0.2) is 4.98 Å². The molecule has 25 heavy (non-hydrogen) atoms. The molecule has 1 saturated heterocycles.